The van der Waals surface area contributed by atoms with E-state index in [4.69, 9.17) is 5.11 Å². The standard InChI is InChI=1S/C13H19NO4S/c1-10(12-6-4-3-5-7-12)8-9-14-19(17,18)11(2)13(15)16/h3-7,10-11,14H,8-9H2,1-2H3,(H,15,16). The second kappa shape index (κ2) is 6.68. The predicted octanol–water partition coefficient (Wildman–Crippen LogP) is 1.57. The van der Waals surface area contributed by atoms with Crippen LogP contribution in [0.1, 0.15) is 31.7 Å². The number of hydrogen-bond donors (Lipinski definition) is 2. The molecule has 0 saturated heterocycles. The van der Waals surface area contributed by atoms with E-state index in [2.05, 4.69) is 4.72 Å². The van der Waals surface area contributed by atoms with Gasteiger partial charge in [0.05, 0.1) is 0 Å². The summed E-state index contributed by atoms with van der Waals surface area (Å²) < 4.78 is 25.5. The Bertz CT molecular complexity index is 513. The molecular weight excluding hydrogens is 266 g/mol. The Morgan fingerprint density at radius 3 is 2.37 bits per heavy atom. The summed E-state index contributed by atoms with van der Waals surface area (Å²) in [5.74, 6) is -1.13. The molecule has 0 fully saturated rings. The number of sulfonamides is 1. The van der Waals surface area contributed by atoms with Crippen molar-refractivity contribution >= 4 is 16.0 Å². The predicted molar refractivity (Wildman–Crippen MR) is 73.5 cm³/mol. The van der Waals surface area contributed by atoms with Gasteiger partial charge in [-0.25, -0.2) is 13.1 Å². The summed E-state index contributed by atoms with van der Waals surface area (Å²) in [4.78, 5) is 10.6. The molecule has 2 unspecified atom stereocenters. The first-order valence-electron chi connectivity index (χ1n) is 6.11. The topological polar surface area (TPSA) is 83.5 Å². The molecule has 2 atom stereocenters. The molecule has 0 spiro atoms. The average Bonchev–Trinajstić information content (AvgIpc) is 2.38. The fourth-order valence-corrected chi connectivity index (χ4v) is 2.54. The van der Waals surface area contributed by atoms with Gasteiger partial charge in [0, 0.05) is 6.54 Å². The van der Waals surface area contributed by atoms with Gasteiger partial charge in [0.25, 0.3) is 0 Å². The first-order valence-corrected chi connectivity index (χ1v) is 7.65. The maximum absolute atomic E-state index is 11.6. The van der Waals surface area contributed by atoms with Gasteiger partial charge in [0.15, 0.2) is 5.25 Å². The summed E-state index contributed by atoms with van der Waals surface area (Å²) in [5.41, 5.74) is 1.13. The summed E-state index contributed by atoms with van der Waals surface area (Å²) in [5, 5.41) is 7.25. The number of carbonyl (C=O) groups is 1. The van der Waals surface area contributed by atoms with Crippen molar-refractivity contribution in [3.63, 3.8) is 0 Å². The van der Waals surface area contributed by atoms with Crippen molar-refractivity contribution in [2.75, 3.05) is 6.54 Å². The van der Waals surface area contributed by atoms with Gasteiger partial charge < -0.3 is 5.11 Å². The number of carboxylic acids is 1. The number of benzene rings is 1. The van der Waals surface area contributed by atoms with E-state index < -0.39 is 21.2 Å². The molecule has 0 aliphatic carbocycles. The van der Waals surface area contributed by atoms with Crippen LogP contribution in [0.5, 0.6) is 0 Å². The van der Waals surface area contributed by atoms with Crippen molar-refractivity contribution in [2.24, 2.45) is 0 Å². The van der Waals surface area contributed by atoms with Crippen molar-refractivity contribution in [1.82, 2.24) is 4.72 Å². The zero-order valence-electron chi connectivity index (χ0n) is 11.0. The SMILES string of the molecule is CC(CCNS(=O)(=O)C(C)C(=O)O)c1ccccc1. The third kappa shape index (κ3) is 4.65. The lowest BCUT2D eigenvalue weighted by Crippen LogP contribution is -2.38. The number of aliphatic carboxylic acids is 1. The normalized spacial score (nSPS) is 14.8. The van der Waals surface area contributed by atoms with E-state index in [1.165, 1.54) is 0 Å². The maximum atomic E-state index is 11.6. The summed E-state index contributed by atoms with van der Waals surface area (Å²) >= 11 is 0. The molecule has 106 valence electrons. The molecule has 0 aromatic heterocycles. The van der Waals surface area contributed by atoms with E-state index in [0.29, 0.717) is 6.42 Å². The molecule has 0 aliphatic heterocycles. The quantitative estimate of drug-likeness (QED) is 0.796. The van der Waals surface area contributed by atoms with Gasteiger partial charge in [0.1, 0.15) is 0 Å². The fourth-order valence-electron chi connectivity index (χ4n) is 1.62. The van der Waals surface area contributed by atoms with E-state index in [0.717, 1.165) is 12.5 Å². The lowest BCUT2D eigenvalue weighted by molar-refractivity contribution is -0.136. The first kappa shape index (κ1) is 15.7. The summed E-state index contributed by atoms with van der Waals surface area (Å²) in [7, 11) is -3.79. The Kier molecular flexibility index (Phi) is 5.50. The zero-order chi connectivity index (χ0) is 14.5. The van der Waals surface area contributed by atoms with Crippen LogP contribution >= 0.6 is 0 Å². The lowest BCUT2D eigenvalue weighted by Gasteiger charge is -2.14. The average molecular weight is 285 g/mol. The van der Waals surface area contributed by atoms with Crippen LogP contribution in [-0.4, -0.2) is 31.3 Å². The van der Waals surface area contributed by atoms with E-state index in [1.807, 2.05) is 37.3 Å². The summed E-state index contributed by atoms with van der Waals surface area (Å²) in [6, 6.07) is 9.76. The Hall–Kier alpha value is -1.40. The van der Waals surface area contributed by atoms with Crippen LogP contribution in [0, 0.1) is 0 Å². The van der Waals surface area contributed by atoms with Gasteiger partial charge in [0.2, 0.25) is 10.0 Å². The van der Waals surface area contributed by atoms with E-state index in [1.54, 1.807) is 0 Å². The second-order valence-corrected chi connectivity index (χ2v) is 6.61. The van der Waals surface area contributed by atoms with Crippen LogP contribution in [0.2, 0.25) is 0 Å². The molecule has 2 N–H and O–H groups in total. The van der Waals surface area contributed by atoms with Crippen molar-refractivity contribution < 1.29 is 18.3 Å². The Balaban J connectivity index is 2.49. The molecule has 0 amide bonds. The highest BCUT2D eigenvalue weighted by molar-refractivity contribution is 7.90. The van der Waals surface area contributed by atoms with Crippen LogP contribution in [0.3, 0.4) is 0 Å². The molecule has 6 heteroatoms. The molecular formula is C13H19NO4S. The van der Waals surface area contributed by atoms with Crippen LogP contribution in [-0.2, 0) is 14.8 Å². The van der Waals surface area contributed by atoms with E-state index >= 15 is 0 Å². The molecule has 0 radical (unpaired) electrons. The molecule has 1 rings (SSSR count). The van der Waals surface area contributed by atoms with E-state index in [9.17, 15) is 13.2 Å². The van der Waals surface area contributed by atoms with Crippen molar-refractivity contribution in [1.29, 1.82) is 0 Å². The Morgan fingerprint density at radius 2 is 1.84 bits per heavy atom. The summed E-state index contributed by atoms with van der Waals surface area (Å²) in [6.45, 7) is 3.39. The zero-order valence-corrected chi connectivity index (χ0v) is 11.9. The number of carboxylic acid groups (broad SMARTS) is 1. The molecule has 0 heterocycles. The molecule has 5 nitrogen and oxygen atoms in total. The largest absolute Gasteiger partial charge is 0.480 e. The molecule has 1 aromatic rings. The maximum Gasteiger partial charge on any atom is 0.323 e. The van der Waals surface area contributed by atoms with Crippen molar-refractivity contribution in [3.05, 3.63) is 35.9 Å². The minimum atomic E-state index is -3.79. The van der Waals surface area contributed by atoms with Gasteiger partial charge in [-0.15, -0.1) is 0 Å². The van der Waals surface area contributed by atoms with Crippen LogP contribution in [0.4, 0.5) is 0 Å². The Morgan fingerprint density at radius 1 is 1.26 bits per heavy atom. The third-order valence-corrected chi connectivity index (χ3v) is 4.80. The number of nitrogens with one attached hydrogen (secondary N) is 1. The highest BCUT2D eigenvalue weighted by atomic mass is 32.2. The number of hydrogen-bond acceptors (Lipinski definition) is 3. The number of rotatable bonds is 7. The minimum absolute atomic E-state index is 0.212. The smallest absolute Gasteiger partial charge is 0.323 e. The van der Waals surface area contributed by atoms with Gasteiger partial charge in [-0.05, 0) is 24.8 Å². The summed E-state index contributed by atoms with van der Waals surface area (Å²) in [6.07, 6.45) is 0.621. The minimum Gasteiger partial charge on any atom is -0.480 e. The van der Waals surface area contributed by atoms with Crippen LogP contribution < -0.4 is 4.72 Å². The fraction of sp³-hybridized carbons (Fsp3) is 0.462. The highest BCUT2D eigenvalue weighted by Gasteiger charge is 2.26. The Labute approximate surface area is 113 Å². The molecule has 0 bridgehead atoms. The van der Waals surface area contributed by atoms with Crippen molar-refractivity contribution in [3.8, 4) is 0 Å². The third-order valence-electron chi connectivity index (χ3n) is 3.06. The molecule has 0 aliphatic rings. The highest BCUT2D eigenvalue weighted by Crippen LogP contribution is 2.17. The van der Waals surface area contributed by atoms with Crippen LogP contribution in [0.25, 0.3) is 0 Å². The lowest BCUT2D eigenvalue weighted by atomic mass is 9.98. The van der Waals surface area contributed by atoms with Crippen LogP contribution in [0.15, 0.2) is 30.3 Å². The monoisotopic (exact) mass is 285 g/mol. The molecule has 0 saturated carbocycles. The van der Waals surface area contributed by atoms with Gasteiger partial charge in [-0.3, -0.25) is 4.79 Å². The van der Waals surface area contributed by atoms with Gasteiger partial charge >= 0.3 is 5.97 Å². The van der Waals surface area contributed by atoms with Gasteiger partial charge in [-0.1, -0.05) is 37.3 Å². The molecule has 1 aromatic carbocycles. The van der Waals surface area contributed by atoms with Crippen molar-refractivity contribution in [2.45, 2.75) is 31.4 Å². The second-order valence-electron chi connectivity index (χ2n) is 4.52. The van der Waals surface area contributed by atoms with Gasteiger partial charge in [-0.2, -0.15) is 0 Å². The first-order chi connectivity index (χ1) is 8.84. The van der Waals surface area contributed by atoms with E-state index in [-0.39, 0.29) is 12.5 Å². The molecule has 19 heavy (non-hydrogen) atoms.